The van der Waals surface area contributed by atoms with Gasteiger partial charge in [0.05, 0.1) is 14.7 Å². The summed E-state index contributed by atoms with van der Waals surface area (Å²) in [5, 5.41) is 0. The number of rotatable bonds is 18. The maximum Gasteiger partial charge on any atom is 0.243 e. The molecular weight excluding hydrogens is 631 g/mol. The molecule has 3 aromatic carbocycles. The smallest absolute Gasteiger partial charge is 0.207 e. The standard InChI is InChI=1S/C33H47N3O6S3/c1-6-22-34(43(37,38)31-16-10-28(3)11-17-31)24-8-26-36(45(41,42)33-20-14-30(5)15-21-33)27-9-25-35(23-7-2)44(39,40)32-18-12-29(4)13-19-32/h10-21H,6-9,22-27H2,1-5H3. The van der Waals surface area contributed by atoms with Gasteiger partial charge in [0.2, 0.25) is 30.1 Å². The van der Waals surface area contributed by atoms with E-state index in [1.54, 1.807) is 72.8 Å². The summed E-state index contributed by atoms with van der Waals surface area (Å²) in [5.41, 5.74) is 2.84. The lowest BCUT2D eigenvalue weighted by molar-refractivity contribution is 0.338. The summed E-state index contributed by atoms with van der Waals surface area (Å²) >= 11 is 0. The average Bonchev–Trinajstić information content (AvgIpc) is 2.99. The van der Waals surface area contributed by atoms with Crippen LogP contribution in [0.1, 0.15) is 56.2 Å². The average molecular weight is 678 g/mol. The predicted molar refractivity (Wildman–Crippen MR) is 180 cm³/mol. The van der Waals surface area contributed by atoms with Crippen molar-refractivity contribution in [2.24, 2.45) is 0 Å². The van der Waals surface area contributed by atoms with Crippen LogP contribution < -0.4 is 0 Å². The van der Waals surface area contributed by atoms with Crippen LogP contribution in [-0.4, -0.2) is 77.4 Å². The van der Waals surface area contributed by atoms with Crippen LogP contribution in [0.2, 0.25) is 0 Å². The highest BCUT2D eigenvalue weighted by atomic mass is 32.2. The fourth-order valence-corrected chi connectivity index (χ4v) is 9.64. The van der Waals surface area contributed by atoms with Crippen molar-refractivity contribution >= 4 is 30.1 Å². The van der Waals surface area contributed by atoms with E-state index in [-0.39, 0.29) is 53.7 Å². The quantitative estimate of drug-likeness (QED) is 0.174. The van der Waals surface area contributed by atoms with Crippen LogP contribution >= 0.6 is 0 Å². The lowest BCUT2D eigenvalue weighted by Crippen LogP contribution is -2.39. The third-order valence-corrected chi connectivity index (χ3v) is 13.3. The third kappa shape index (κ3) is 9.69. The van der Waals surface area contributed by atoms with Gasteiger partial charge in [-0.3, -0.25) is 0 Å². The number of sulfonamides is 3. The fourth-order valence-electron chi connectivity index (χ4n) is 4.98. The van der Waals surface area contributed by atoms with Gasteiger partial charge in [0.15, 0.2) is 0 Å². The van der Waals surface area contributed by atoms with Gasteiger partial charge in [0.25, 0.3) is 0 Å². The molecule has 0 radical (unpaired) electrons. The highest BCUT2D eigenvalue weighted by Crippen LogP contribution is 2.22. The van der Waals surface area contributed by atoms with Gasteiger partial charge in [-0.2, -0.15) is 12.9 Å². The van der Waals surface area contributed by atoms with Crippen LogP contribution in [0.3, 0.4) is 0 Å². The van der Waals surface area contributed by atoms with Gasteiger partial charge in [-0.05, 0) is 82.9 Å². The topological polar surface area (TPSA) is 112 Å². The molecule has 0 unspecified atom stereocenters. The Labute approximate surface area is 271 Å². The summed E-state index contributed by atoms with van der Waals surface area (Å²) < 4.78 is 85.5. The molecule has 0 aromatic heterocycles. The highest BCUT2D eigenvalue weighted by molar-refractivity contribution is 7.89. The molecule has 248 valence electrons. The molecule has 0 aliphatic rings. The molecule has 0 saturated heterocycles. The molecule has 0 N–H and O–H groups in total. The van der Waals surface area contributed by atoms with E-state index in [0.29, 0.717) is 25.9 Å². The van der Waals surface area contributed by atoms with Gasteiger partial charge in [0, 0.05) is 39.3 Å². The van der Waals surface area contributed by atoms with Crippen LogP contribution in [0.25, 0.3) is 0 Å². The van der Waals surface area contributed by atoms with E-state index in [4.69, 9.17) is 0 Å². The summed E-state index contributed by atoms with van der Waals surface area (Å²) in [5.74, 6) is 0. The number of hydrogen-bond donors (Lipinski definition) is 0. The van der Waals surface area contributed by atoms with Gasteiger partial charge < -0.3 is 0 Å². The van der Waals surface area contributed by atoms with Gasteiger partial charge >= 0.3 is 0 Å². The number of benzene rings is 3. The summed E-state index contributed by atoms with van der Waals surface area (Å²) in [4.78, 5) is 0.552. The summed E-state index contributed by atoms with van der Waals surface area (Å²) in [6.07, 6.45) is 1.77. The van der Waals surface area contributed by atoms with Gasteiger partial charge in [-0.25, -0.2) is 25.3 Å². The van der Waals surface area contributed by atoms with Gasteiger partial charge in [-0.15, -0.1) is 0 Å². The van der Waals surface area contributed by atoms with Crippen molar-refractivity contribution in [3.05, 3.63) is 89.5 Å². The second kappa shape index (κ2) is 16.3. The van der Waals surface area contributed by atoms with E-state index < -0.39 is 30.1 Å². The maximum atomic E-state index is 13.8. The molecule has 0 spiro atoms. The minimum atomic E-state index is -3.93. The first-order valence-corrected chi connectivity index (χ1v) is 19.8. The largest absolute Gasteiger partial charge is 0.243 e. The Bertz CT molecular complexity index is 1600. The molecule has 0 fully saturated rings. The first kappa shape index (κ1) is 36.9. The number of nitrogens with zero attached hydrogens (tertiary/aromatic N) is 3. The van der Waals surface area contributed by atoms with Gasteiger partial charge in [-0.1, -0.05) is 66.9 Å². The Hall–Kier alpha value is -2.61. The molecule has 0 aliphatic carbocycles. The zero-order valence-corrected chi connectivity index (χ0v) is 29.5. The summed E-state index contributed by atoms with van der Waals surface area (Å²) in [6.45, 7) is 10.5. The van der Waals surface area contributed by atoms with Crippen molar-refractivity contribution in [3.8, 4) is 0 Å². The van der Waals surface area contributed by atoms with Crippen molar-refractivity contribution in [1.82, 2.24) is 12.9 Å². The normalized spacial score (nSPS) is 12.8. The molecule has 3 rings (SSSR count). The zero-order chi connectivity index (χ0) is 33.3. The molecule has 0 saturated carbocycles. The Kier molecular flexibility index (Phi) is 13.3. The monoisotopic (exact) mass is 677 g/mol. The Morgan fingerprint density at radius 1 is 0.400 bits per heavy atom. The van der Waals surface area contributed by atoms with Crippen LogP contribution in [0.4, 0.5) is 0 Å². The van der Waals surface area contributed by atoms with Crippen molar-refractivity contribution in [2.75, 3.05) is 39.3 Å². The predicted octanol–water partition coefficient (Wildman–Crippen LogP) is 5.58. The molecule has 9 nitrogen and oxygen atoms in total. The van der Waals surface area contributed by atoms with E-state index in [0.717, 1.165) is 16.7 Å². The molecule has 45 heavy (non-hydrogen) atoms. The molecule has 0 bridgehead atoms. The molecule has 0 atom stereocenters. The highest BCUT2D eigenvalue weighted by Gasteiger charge is 2.28. The van der Waals surface area contributed by atoms with E-state index in [1.165, 1.54) is 12.9 Å². The minimum absolute atomic E-state index is 0.0817. The van der Waals surface area contributed by atoms with Crippen molar-refractivity contribution in [1.29, 1.82) is 0 Å². The summed E-state index contributed by atoms with van der Waals surface area (Å²) in [7, 11) is -11.4. The molecule has 0 heterocycles. The van der Waals surface area contributed by atoms with Crippen LogP contribution in [0.15, 0.2) is 87.5 Å². The van der Waals surface area contributed by atoms with Crippen molar-refractivity contribution < 1.29 is 25.3 Å². The van der Waals surface area contributed by atoms with Crippen molar-refractivity contribution in [2.45, 2.75) is 75.0 Å². The first-order valence-electron chi connectivity index (χ1n) is 15.4. The fraction of sp³-hybridized carbons (Fsp3) is 0.455. The van der Waals surface area contributed by atoms with Crippen LogP contribution in [0.5, 0.6) is 0 Å². The molecule has 12 heteroatoms. The van der Waals surface area contributed by atoms with Crippen LogP contribution in [-0.2, 0) is 30.1 Å². The van der Waals surface area contributed by atoms with E-state index >= 15 is 0 Å². The first-order chi connectivity index (χ1) is 21.2. The molecule has 3 aromatic rings. The molecule has 0 amide bonds. The lowest BCUT2D eigenvalue weighted by Gasteiger charge is -2.27. The number of hydrogen-bond acceptors (Lipinski definition) is 6. The van der Waals surface area contributed by atoms with E-state index in [9.17, 15) is 25.3 Å². The maximum absolute atomic E-state index is 13.8. The second-order valence-corrected chi connectivity index (χ2v) is 17.2. The third-order valence-electron chi connectivity index (χ3n) is 7.55. The Morgan fingerprint density at radius 2 is 0.622 bits per heavy atom. The zero-order valence-electron chi connectivity index (χ0n) is 27.0. The minimum Gasteiger partial charge on any atom is -0.207 e. The van der Waals surface area contributed by atoms with Gasteiger partial charge in [0.1, 0.15) is 0 Å². The SMILES string of the molecule is CCCN(CCCN(CCCN(CCC)S(=O)(=O)c1ccc(C)cc1)S(=O)(=O)c1ccc(C)cc1)S(=O)(=O)c1ccc(C)cc1. The molecule has 0 aliphatic heterocycles. The van der Waals surface area contributed by atoms with Crippen molar-refractivity contribution in [3.63, 3.8) is 0 Å². The summed E-state index contributed by atoms with van der Waals surface area (Å²) in [6, 6.07) is 20.0. The second-order valence-electron chi connectivity index (χ2n) is 11.4. The molecular formula is C33H47N3O6S3. The van der Waals surface area contributed by atoms with E-state index in [1.807, 2.05) is 34.6 Å². The van der Waals surface area contributed by atoms with Crippen LogP contribution in [0, 0.1) is 20.8 Å². The Balaban J connectivity index is 1.81. The Morgan fingerprint density at radius 3 is 0.844 bits per heavy atom. The lowest BCUT2D eigenvalue weighted by atomic mass is 10.2. The number of aryl methyl sites for hydroxylation is 3. The van der Waals surface area contributed by atoms with E-state index in [2.05, 4.69) is 0 Å².